The van der Waals surface area contributed by atoms with Crippen molar-refractivity contribution >= 4 is 5.91 Å². The maximum Gasteiger partial charge on any atom is 0.435 e. The average Bonchev–Trinajstić information content (AvgIpc) is 3.20. The molecule has 2 aromatic heterocycles. The fourth-order valence-electron chi connectivity index (χ4n) is 2.36. The predicted molar refractivity (Wildman–Crippen MR) is 83.7 cm³/mol. The van der Waals surface area contributed by atoms with Gasteiger partial charge in [0.1, 0.15) is 23.4 Å². The Hall–Kier alpha value is -3.31. The van der Waals surface area contributed by atoms with Crippen LogP contribution < -0.4 is 5.32 Å². The number of nitrogens with one attached hydrogen (secondary N) is 1. The molecule has 1 atom stereocenters. The molecule has 0 radical (unpaired) electrons. The van der Waals surface area contributed by atoms with Crippen molar-refractivity contribution in [1.82, 2.24) is 25.2 Å². The smallest absolute Gasteiger partial charge is 0.339 e. The lowest BCUT2D eigenvalue weighted by Crippen LogP contribution is -2.28. The van der Waals surface area contributed by atoms with Crippen LogP contribution in [0.5, 0.6) is 0 Å². The van der Waals surface area contributed by atoms with Crippen molar-refractivity contribution in [3.05, 3.63) is 53.2 Å². The molecule has 1 amide bonds. The van der Waals surface area contributed by atoms with Crippen LogP contribution in [0.25, 0.3) is 11.4 Å². The zero-order valence-electron chi connectivity index (χ0n) is 14.4. The number of benzene rings is 1. The van der Waals surface area contributed by atoms with Gasteiger partial charge in [0, 0.05) is 24.7 Å². The van der Waals surface area contributed by atoms with Gasteiger partial charge in [-0.25, -0.2) is 8.78 Å². The molecule has 3 rings (SSSR count). The van der Waals surface area contributed by atoms with E-state index in [1.807, 2.05) is 0 Å². The van der Waals surface area contributed by atoms with Crippen molar-refractivity contribution in [2.24, 2.45) is 7.05 Å². The van der Waals surface area contributed by atoms with Crippen LogP contribution in [0.3, 0.4) is 0 Å². The van der Waals surface area contributed by atoms with Crippen LogP contribution in [0.2, 0.25) is 0 Å². The van der Waals surface area contributed by atoms with Gasteiger partial charge in [0.15, 0.2) is 5.69 Å². The lowest BCUT2D eigenvalue weighted by atomic mass is 10.2. The van der Waals surface area contributed by atoms with Crippen LogP contribution >= 0.6 is 0 Å². The van der Waals surface area contributed by atoms with Crippen molar-refractivity contribution in [1.29, 1.82) is 0 Å². The number of nitrogens with zero attached hydrogens (tertiary/aromatic N) is 4. The number of halogens is 5. The molecule has 0 aliphatic carbocycles. The van der Waals surface area contributed by atoms with Crippen molar-refractivity contribution in [3.8, 4) is 11.4 Å². The lowest BCUT2D eigenvalue weighted by Gasteiger charge is -2.09. The first-order valence-electron chi connectivity index (χ1n) is 7.77. The number of alkyl halides is 3. The van der Waals surface area contributed by atoms with E-state index in [4.69, 9.17) is 4.52 Å². The summed E-state index contributed by atoms with van der Waals surface area (Å²) in [4.78, 5) is 16.2. The standard InChI is InChI=1S/C16H12F5N5O2/c1-7(22-14(27)11-6-12(16(19,20)21)24-26(11)2)15-23-13(25-28-15)8-3-9(17)5-10(18)4-8/h3-7H,1-2H3,(H,22,27)/t7-/m0/s1. The summed E-state index contributed by atoms with van der Waals surface area (Å²) in [6.07, 6.45) is -4.69. The van der Waals surface area contributed by atoms with E-state index in [1.54, 1.807) is 0 Å². The molecule has 0 saturated carbocycles. The molecule has 0 saturated heterocycles. The van der Waals surface area contributed by atoms with Gasteiger partial charge in [-0.05, 0) is 19.1 Å². The second-order valence-corrected chi connectivity index (χ2v) is 5.85. The van der Waals surface area contributed by atoms with Gasteiger partial charge >= 0.3 is 6.18 Å². The minimum Gasteiger partial charge on any atom is -0.339 e. The molecule has 12 heteroatoms. The summed E-state index contributed by atoms with van der Waals surface area (Å²) in [6, 6.07) is 2.38. The Morgan fingerprint density at radius 2 is 1.82 bits per heavy atom. The highest BCUT2D eigenvalue weighted by Crippen LogP contribution is 2.28. The Morgan fingerprint density at radius 1 is 1.18 bits per heavy atom. The molecule has 1 N–H and O–H groups in total. The predicted octanol–water partition coefficient (Wildman–Crippen LogP) is 3.26. The summed E-state index contributed by atoms with van der Waals surface area (Å²) >= 11 is 0. The van der Waals surface area contributed by atoms with Gasteiger partial charge in [0.25, 0.3) is 5.91 Å². The van der Waals surface area contributed by atoms with E-state index in [2.05, 4.69) is 20.6 Å². The lowest BCUT2D eigenvalue weighted by molar-refractivity contribution is -0.141. The Morgan fingerprint density at radius 3 is 2.39 bits per heavy atom. The maximum atomic E-state index is 13.3. The average molecular weight is 401 g/mol. The summed E-state index contributed by atoms with van der Waals surface area (Å²) in [5, 5.41) is 9.23. The van der Waals surface area contributed by atoms with Crippen molar-refractivity contribution in [2.75, 3.05) is 0 Å². The molecule has 148 valence electrons. The normalized spacial score (nSPS) is 12.8. The van der Waals surface area contributed by atoms with Crippen LogP contribution in [0, 0.1) is 11.6 Å². The molecule has 0 spiro atoms. The first-order valence-corrected chi connectivity index (χ1v) is 7.77. The third-order valence-electron chi connectivity index (χ3n) is 3.68. The fraction of sp³-hybridized carbons (Fsp3) is 0.250. The van der Waals surface area contributed by atoms with Crippen LogP contribution in [0.1, 0.15) is 35.0 Å². The minimum atomic E-state index is -4.69. The molecular formula is C16H12F5N5O2. The van der Waals surface area contributed by atoms with E-state index in [9.17, 15) is 26.7 Å². The third-order valence-corrected chi connectivity index (χ3v) is 3.68. The zero-order chi connectivity index (χ0) is 20.6. The first-order chi connectivity index (χ1) is 13.0. The number of carbonyl (C=O) groups excluding carboxylic acids is 1. The summed E-state index contributed by atoms with van der Waals surface area (Å²) in [5.41, 5.74) is -1.51. The van der Waals surface area contributed by atoms with Crippen LogP contribution in [-0.4, -0.2) is 25.8 Å². The van der Waals surface area contributed by atoms with Gasteiger partial charge in [-0.1, -0.05) is 5.16 Å². The maximum absolute atomic E-state index is 13.3. The second-order valence-electron chi connectivity index (χ2n) is 5.85. The largest absolute Gasteiger partial charge is 0.435 e. The Labute approximate surface area is 154 Å². The topological polar surface area (TPSA) is 85.8 Å². The number of hydrogen-bond donors (Lipinski definition) is 1. The number of aryl methyl sites for hydroxylation is 1. The first kappa shape index (κ1) is 19.5. The summed E-state index contributed by atoms with van der Waals surface area (Å²) in [5.74, 6) is -2.74. The second kappa shape index (κ2) is 7.02. The van der Waals surface area contributed by atoms with E-state index in [1.165, 1.54) is 14.0 Å². The molecule has 0 unspecified atom stereocenters. The van der Waals surface area contributed by atoms with Gasteiger partial charge < -0.3 is 9.84 Å². The van der Waals surface area contributed by atoms with E-state index < -0.39 is 35.5 Å². The van der Waals surface area contributed by atoms with Crippen molar-refractivity contribution in [3.63, 3.8) is 0 Å². The van der Waals surface area contributed by atoms with E-state index in [0.29, 0.717) is 12.1 Å². The number of rotatable bonds is 4. The molecule has 0 fully saturated rings. The van der Waals surface area contributed by atoms with Crippen molar-refractivity contribution in [2.45, 2.75) is 19.1 Å². The number of amides is 1. The van der Waals surface area contributed by atoms with Gasteiger partial charge in [0.05, 0.1) is 0 Å². The molecule has 0 aliphatic heterocycles. The van der Waals surface area contributed by atoms with E-state index in [0.717, 1.165) is 16.8 Å². The molecule has 1 aromatic carbocycles. The highest BCUT2D eigenvalue weighted by molar-refractivity contribution is 5.92. The van der Waals surface area contributed by atoms with Gasteiger partial charge in [-0.2, -0.15) is 23.3 Å². The Bertz CT molecular complexity index is 1010. The molecule has 0 aliphatic rings. The van der Waals surface area contributed by atoms with Gasteiger partial charge in [-0.3, -0.25) is 9.48 Å². The fourth-order valence-corrected chi connectivity index (χ4v) is 2.36. The highest BCUT2D eigenvalue weighted by atomic mass is 19.4. The molecule has 0 bridgehead atoms. The monoisotopic (exact) mass is 401 g/mol. The molecule has 3 aromatic rings. The summed E-state index contributed by atoms with van der Waals surface area (Å²) in [7, 11) is 1.19. The molecular weight excluding hydrogens is 389 g/mol. The van der Waals surface area contributed by atoms with Gasteiger partial charge in [-0.15, -0.1) is 0 Å². The molecule has 7 nitrogen and oxygen atoms in total. The quantitative estimate of drug-likeness (QED) is 0.679. The number of carbonyl (C=O) groups is 1. The van der Waals surface area contributed by atoms with Crippen LogP contribution in [-0.2, 0) is 13.2 Å². The van der Waals surface area contributed by atoms with Crippen molar-refractivity contribution < 1.29 is 31.3 Å². The van der Waals surface area contributed by atoms with E-state index in [-0.39, 0.29) is 23.0 Å². The Kier molecular flexibility index (Phi) is 4.87. The van der Waals surface area contributed by atoms with E-state index >= 15 is 0 Å². The summed E-state index contributed by atoms with van der Waals surface area (Å²) in [6.45, 7) is 1.45. The van der Waals surface area contributed by atoms with Crippen LogP contribution in [0.4, 0.5) is 22.0 Å². The number of aromatic nitrogens is 4. The Balaban J connectivity index is 1.77. The SMILES string of the molecule is C[C@H](NC(=O)c1cc(C(F)(F)F)nn1C)c1nc(-c2cc(F)cc(F)c2)no1. The minimum absolute atomic E-state index is 0.0208. The molecule has 2 heterocycles. The summed E-state index contributed by atoms with van der Waals surface area (Å²) < 4.78 is 70.4. The number of hydrogen-bond acceptors (Lipinski definition) is 5. The zero-order valence-corrected chi connectivity index (χ0v) is 14.4. The third kappa shape index (κ3) is 4.00. The van der Waals surface area contributed by atoms with Gasteiger partial charge in [0.2, 0.25) is 11.7 Å². The van der Waals surface area contributed by atoms with Crippen LogP contribution in [0.15, 0.2) is 28.8 Å². The molecule has 28 heavy (non-hydrogen) atoms. The highest BCUT2D eigenvalue weighted by Gasteiger charge is 2.35.